The van der Waals surface area contributed by atoms with Gasteiger partial charge in [0.15, 0.2) is 0 Å². The van der Waals surface area contributed by atoms with Gasteiger partial charge in [0.25, 0.3) is 0 Å². The molecule has 0 aromatic heterocycles. The average molecular weight is 197 g/mol. The summed E-state index contributed by atoms with van der Waals surface area (Å²) in [4.78, 5) is 0. The summed E-state index contributed by atoms with van der Waals surface area (Å²) in [6, 6.07) is 0. The van der Waals surface area contributed by atoms with Crippen molar-refractivity contribution in [3.8, 4) is 0 Å². The zero-order valence-corrected chi connectivity index (χ0v) is 9.26. The summed E-state index contributed by atoms with van der Waals surface area (Å²) >= 11 is 0. The molecule has 2 unspecified atom stereocenters. The normalized spacial score (nSPS) is 41.8. The van der Waals surface area contributed by atoms with Crippen molar-refractivity contribution in [3.63, 3.8) is 0 Å². The minimum atomic E-state index is -0.441. The van der Waals surface area contributed by atoms with Gasteiger partial charge in [-0.1, -0.05) is 19.3 Å². The third-order valence-electron chi connectivity index (χ3n) is 4.67. The summed E-state index contributed by atoms with van der Waals surface area (Å²) in [7, 11) is 0. The number of hydrogen-bond acceptors (Lipinski definition) is 2. The lowest BCUT2D eigenvalue weighted by Gasteiger charge is -2.41. The molecule has 0 bridgehead atoms. The maximum absolute atomic E-state index is 10.4. The van der Waals surface area contributed by atoms with Gasteiger partial charge in [0, 0.05) is 0 Å². The molecule has 2 saturated carbocycles. The largest absolute Gasteiger partial charge is 0.390 e. The summed E-state index contributed by atoms with van der Waals surface area (Å²) < 4.78 is 0. The Morgan fingerprint density at radius 2 is 1.86 bits per heavy atom. The van der Waals surface area contributed by atoms with Gasteiger partial charge < -0.3 is 10.8 Å². The Morgan fingerprint density at radius 3 is 2.29 bits per heavy atom. The summed E-state index contributed by atoms with van der Waals surface area (Å²) in [5.74, 6) is 0.461. The molecule has 2 atom stereocenters. The van der Waals surface area contributed by atoms with Crippen LogP contribution in [0.5, 0.6) is 0 Å². The van der Waals surface area contributed by atoms with Crippen LogP contribution in [0, 0.1) is 11.3 Å². The maximum Gasteiger partial charge on any atom is 0.0653 e. The SMILES string of the molecule is CC1(O)CCCC1C1(CN)CCCC1. The topological polar surface area (TPSA) is 46.2 Å². The van der Waals surface area contributed by atoms with Crippen molar-refractivity contribution in [1.82, 2.24) is 0 Å². The molecule has 2 aliphatic carbocycles. The first-order valence-corrected chi connectivity index (χ1v) is 6.03. The lowest BCUT2D eigenvalue weighted by Crippen LogP contribution is -2.45. The van der Waals surface area contributed by atoms with E-state index < -0.39 is 5.60 Å². The molecule has 82 valence electrons. The van der Waals surface area contributed by atoms with E-state index in [0.717, 1.165) is 13.0 Å². The van der Waals surface area contributed by atoms with Crippen LogP contribution in [0.15, 0.2) is 0 Å². The molecule has 2 fully saturated rings. The second-order valence-electron chi connectivity index (χ2n) is 5.58. The fourth-order valence-electron chi connectivity index (χ4n) is 3.89. The molecule has 2 aliphatic rings. The zero-order chi connectivity index (χ0) is 10.2. The Labute approximate surface area is 86.9 Å². The van der Waals surface area contributed by atoms with Crippen LogP contribution in [-0.2, 0) is 0 Å². The van der Waals surface area contributed by atoms with Crippen LogP contribution in [0.4, 0.5) is 0 Å². The van der Waals surface area contributed by atoms with Crippen LogP contribution in [0.3, 0.4) is 0 Å². The van der Waals surface area contributed by atoms with Crippen LogP contribution in [0.2, 0.25) is 0 Å². The minimum absolute atomic E-state index is 0.278. The van der Waals surface area contributed by atoms with Crippen LogP contribution in [0.1, 0.15) is 51.9 Å². The first-order chi connectivity index (χ1) is 6.61. The van der Waals surface area contributed by atoms with E-state index in [1.54, 1.807) is 0 Å². The number of rotatable bonds is 2. The molecule has 0 aromatic rings. The molecule has 2 rings (SSSR count). The van der Waals surface area contributed by atoms with E-state index in [9.17, 15) is 5.11 Å². The first-order valence-electron chi connectivity index (χ1n) is 6.03. The minimum Gasteiger partial charge on any atom is -0.390 e. The smallest absolute Gasteiger partial charge is 0.0653 e. The van der Waals surface area contributed by atoms with E-state index in [1.165, 1.54) is 38.5 Å². The van der Waals surface area contributed by atoms with Gasteiger partial charge in [0.05, 0.1) is 5.60 Å². The van der Waals surface area contributed by atoms with E-state index in [2.05, 4.69) is 0 Å². The van der Waals surface area contributed by atoms with Crippen LogP contribution >= 0.6 is 0 Å². The summed E-state index contributed by atoms with van der Waals surface area (Å²) in [6.07, 6.45) is 8.44. The Morgan fingerprint density at radius 1 is 1.21 bits per heavy atom. The molecule has 0 radical (unpaired) electrons. The first kappa shape index (κ1) is 10.4. The van der Waals surface area contributed by atoms with E-state index in [1.807, 2.05) is 6.92 Å². The summed E-state index contributed by atoms with van der Waals surface area (Å²) in [6.45, 7) is 2.79. The lowest BCUT2D eigenvalue weighted by atomic mass is 9.68. The number of aliphatic hydroxyl groups is 1. The summed E-state index contributed by atoms with van der Waals surface area (Å²) in [5, 5.41) is 10.4. The van der Waals surface area contributed by atoms with Gasteiger partial charge in [-0.25, -0.2) is 0 Å². The van der Waals surface area contributed by atoms with Crippen LogP contribution < -0.4 is 5.73 Å². The standard InChI is InChI=1S/C12H23NO/c1-11(14)6-4-5-10(11)12(9-13)7-2-3-8-12/h10,14H,2-9,13H2,1H3. The molecule has 0 aromatic carbocycles. The molecule has 0 aliphatic heterocycles. The number of hydrogen-bond donors (Lipinski definition) is 2. The Hall–Kier alpha value is -0.0800. The maximum atomic E-state index is 10.4. The third-order valence-corrected chi connectivity index (χ3v) is 4.67. The second-order valence-corrected chi connectivity index (χ2v) is 5.58. The molecule has 0 spiro atoms. The van der Waals surface area contributed by atoms with Gasteiger partial charge >= 0.3 is 0 Å². The highest BCUT2D eigenvalue weighted by atomic mass is 16.3. The lowest BCUT2D eigenvalue weighted by molar-refractivity contribution is -0.0374. The van der Waals surface area contributed by atoms with Crippen LogP contribution in [-0.4, -0.2) is 17.3 Å². The highest BCUT2D eigenvalue weighted by Gasteiger charge is 2.50. The van der Waals surface area contributed by atoms with E-state index in [-0.39, 0.29) is 5.41 Å². The molecule has 0 amide bonds. The van der Waals surface area contributed by atoms with Crippen molar-refractivity contribution in [2.45, 2.75) is 57.5 Å². The van der Waals surface area contributed by atoms with E-state index >= 15 is 0 Å². The monoisotopic (exact) mass is 197 g/mol. The summed E-state index contributed by atoms with van der Waals surface area (Å²) in [5.41, 5.74) is 5.80. The van der Waals surface area contributed by atoms with Gasteiger partial charge in [-0.15, -0.1) is 0 Å². The van der Waals surface area contributed by atoms with Crippen molar-refractivity contribution < 1.29 is 5.11 Å². The molecule has 0 saturated heterocycles. The third kappa shape index (κ3) is 1.49. The molecule has 3 N–H and O–H groups in total. The molecule has 2 heteroatoms. The van der Waals surface area contributed by atoms with E-state index in [4.69, 9.17) is 5.73 Å². The predicted octanol–water partition coefficient (Wildman–Crippen LogP) is 2.06. The molecule has 14 heavy (non-hydrogen) atoms. The Balaban J connectivity index is 2.19. The van der Waals surface area contributed by atoms with Crippen molar-refractivity contribution in [2.24, 2.45) is 17.1 Å². The average Bonchev–Trinajstić information content (AvgIpc) is 2.71. The van der Waals surface area contributed by atoms with E-state index in [0.29, 0.717) is 5.92 Å². The van der Waals surface area contributed by atoms with Gasteiger partial charge in [-0.3, -0.25) is 0 Å². The van der Waals surface area contributed by atoms with Gasteiger partial charge in [-0.2, -0.15) is 0 Å². The highest BCUT2D eigenvalue weighted by Crippen LogP contribution is 2.53. The molecule has 2 nitrogen and oxygen atoms in total. The van der Waals surface area contributed by atoms with Crippen molar-refractivity contribution >= 4 is 0 Å². The zero-order valence-electron chi connectivity index (χ0n) is 9.26. The van der Waals surface area contributed by atoms with Crippen molar-refractivity contribution in [1.29, 1.82) is 0 Å². The van der Waals surface area contributed by atoms with Gasteiger partial charge in [0.1, 0.15) is 0 Å². The Kier molecular flexibility index (Phi) is 2.61. The van der Waals surface area contributed by atoms with Crippen molar-refractivity contribution in [3.05, 3.63) is 0 Å². The quantitative estimate of drug-likeness (QED) is 0.711. The van der Waals surface area contributed by atoms with Crippen LogP contribution in [0.25, 0.3) is 0 Å². The van der Waals surface area contributed by atoms with Crippen molar-refractivity contribution in [2.75, 3.05) is 6.54 Å². The predicted molar refractivity (Wildman–Crippen MR) is 57.9 cm³/mol. The number of nitrogens with two attached hydrogens (primary N) is 1. The molecule has 0 heterocycles. The Bertz CT molecular complexity index is 206. The fourth-order valence-corrected chi connectivity index (χ4v) is 3.89. The fraction of sp³-hybridized carbons (Fsp3) is 1.00. The van der Waals surface area contributed by atoms with Gasteiger partial charge in [-0.05, 0) is 50.5 Å². The molecular weight excluding hydrogens is 174 g/mol. The second kappa shape index (κ2) is 3.49. The highest BCUT2D eigenvalue weighted by molar-refractivity contribution is 5.02. The van der Waals surface area contributed by atoms with Gasteiger partial charge in [0.2, 0.25) is 0 Å². The molecular formula is C12H23NO.